The molecule has 1 N–H and O–H groups in total. The number of aromatic nitrogens is 1. The first-order valence-electron chi connectivity index (χ1n) is 16.8. The predicted molar refractivity (Wildman–Crippen MR) is 199 cm³/mol. The Hall–Kier alpha value is -6.39. The van der Waals surface area contributed by atoms with Gasteiger partial charge in [-0.3, -0.25) is 4.57 Å². The van der Waals surface area contributed by atoms with Gasteiger partial charge < -0.3 is 10.1 Å². The lowest BCUT2D eigenvalue weighted by molar-refractivity contribution is 0.436. The van der Waals surface area contributed by atoms with Crippen molar-refractivity contribution in [3.8, 4) is 22.6 Å². The average Bonchev–Trinajstić information content (AvgIpc) is 3.64. The van der Waals surface area contributed by atoms with Crippen LogP contribution in [0.4, 0.5) is 11.4 Å². The van der Waals surface area contributed by atoms with Crippen LogP contribution < -0.4 is 10.1 Å². The van der Waals surface area contributed by atoms with Crippen molar-refractivity contribution in [3.05, 3.63) is 192 Å². The van der Waals surface area contributed by atoms with Gasteiger partial charge in [0.2, 0.25) is 0 Å². The van der Waals surface area contributed by atoms with E-state index in [2.05, 4.69) is 174 Å². The van der Waals surface area contributed by atoms with Crippen molar-refractivity contribution in [2.75, 3.05) is 5.32 Å². The number of hydrogen-bond acceptors (Lipinski definition) is 3. The summed E-state index contributed by atoms with van der Waals surface area (Å²) in [7, 11) is 0. The molecule has 7 aromatic carbocycles. The van der Waals surface area contributed by atoms with Crippen molar-refractivity contribution in [2.45, 2.75) is 11.5 Å². The highest BCUT2D eigenvalue weighted by Gasteiger charge is 2.51. The lowest BCUT2D eigenvalue weighted by atomic mass is 9.66. The van der Waals surface area contributed by atoms with E-state index in [4.69, 9.17) is 9.73 Å². The number of nitrogens with zero attached hydrogens (tertiary/aromatic N) is 2. The Bertz CT molecular complexity index is 2640. The number of ether oxygens (including phenoxy) is 1. The highest BCUT2D eigenvalue weighted by Crippen LogP contribution is 2.62. The van der Waals surface area contributed by atoms with Crippen molar-refractivity contribution in [3.63, 3.8) is 0 Å². The van der Waals surface area contributed by atoms with E-state index in [1.807, 2.05) is 0 Å². The van der Waals surface area contributed by atoms with Crippen molar-refractivity contribution in [1.29, 1.82) is 0 Å². The molecular formula is C45H29N3O. The molecule has 3 heterocycles. The summed E-state index contributed by atoms with van der Waals surface area (Å²) in [5.41, 5.74) is 12.3. The number of anilines is 1. The molecule has 0 saturated heterocycles. The highest BCUT2D eigenvalue weighted by atomic mass is 16.5. The maximum absolute atomic E-state index is 6.59. The van der Waals surface area contributed by atoms with E-state index in [-0.39, 0.29) is 6.04 Å². The summed E-state index contributed by atoms with van der Waals surface area (Å²) in [5.74, 6) is 2.76. The third-order valence-corrected chi connectivity index (χ3v) is 10.7. The minimum Gasteiger partial charge on any atom is -0.457 e. The van der Waals surface area contributed by atoms with Crippen LogP contribution in [-0.2, 0) is 5.41 Å². The third-order valence-electron chi connectivity index (χ3n) is 10.7. The molecule has 230 valence electrons. The van der Waals surface area contributed by atoms with Crippen LogP contribution in [0.15, 0.2) is 169 Å². The number of aliphatic imine (C=N–C) groups is 1. The number of hydrogen-bond donors (Lipinski definition) is 1. The van der Waals surface area contributed by atoms with E-state index in [1.165, 1.54) is 49.7 Å². The van der Waals surface area contributed by atoms with Crippen LogP contribution in [0, 0.1) is 0 Å². The standard InChI is InChI=1S/C45H29N3O/c1-2-14-28(15-3-1)43-44(47-38-22-10-9-21-37(38)46-43)48-39-23-11-5-17-30(39)32-26-36-31(27-40(32)48)29-16-4-6-18-33(29)45(36)34-19-7-12-24-41(34)49-42-25-13-8-20-35(42)45/h1-27,43,46H. The zero-order chi connectivity index (χ0) is 32.1. The van der Waals surface area contributed by atoms with Gasteiger partial charge in [0.15, 0.2) is 0 Å². The molecule has 0 fully saturated rings. The topological polar surface area (TPSA) is 38.5 Å². The van der Waals surface area contributed by atoms with Crippen LogP contribution in [0.5, 0.6) is 11.5 Å². The summed E-state index contributed by atoms with van der Waals surface area (Å²) in [4.78, 5) is 5.43. The lowest BCUT2D eigenvalue weighted by Crippen LogP contribution is -2.32. The van der Waals surface area contributed by atoms with Gasteiger partial charge in [-0.25, -0.2) is 4.99 Å². The van der Waals surface area contributed by atoms with Gasteiger partial charge in [-0.2, -0.15) is 0 Å². The molecule has 0 saturated carbocycles. The SMILES string of the molecule is c1ccc(C2Nc3ccccc3N=C2n2c3ccccc3c3cc4c(cc32)-c2ccccc2C42c3ccccc3Oc3ccccc32)cc1. The van der Waals surface area contributed by atoms with Gasteiger partial charge in [-0.05, 0) is 70.3 Å². The average molecular weight is 628 g/mol. The first-order chi connectivity index (χ1) is 24.3. The smallest absolute Gasteiger partial charge is 0.141 e. The predicted octanol–water partition coefficient (Wildman–Crippen LogP) is 11.0. The van der Waals surface area contributed by atoms with Gasteiger partial charge in [0.05, 0.1) is 27.8 Å². The quantitative estimate of drug-likeness (QED) is 0.197. The van der Waals surface area contributed by atoms with Crippen LogP contribution in [0.25, 0.3) is 32.9 Å². The van der Waals surface area contributed by atoms with Crippen molar-refractivity contribution >= 4 is 39.0 Å². The molecule has 0 amide bonds. The molecule has 4 heteroatoms. The molecule has 1 aromatic heterocycles. The Labute approximate surface area is 283 Å². The van der Waals surface area contributed by atoms with Crippen LogP contribution in [0.3, 0.4) is 0 Å². The van der Waals surface area contributed by atoms with Crippen molar-refractivity contribution in [1.82, 2.24) is 4.57 Å². The molecule has 1 spiro atoms. The summed E-state index contributed by atoms with van der Waals surface area (Å²) >= 11 is 0. The van der Waals surface area contributed by atoms with Crippen LogP contribution in [-0.4, -0.2) is 10.4 Å². The molecule has 1 aliphatic carbocycles. The molecule has 11 rings (SSSR count). The van der Waals surface area contributed by atoms with E-state index in [0.29, 0.717) is 0 Å². The van der Waals surface area contributed by atoms with Crippen LogP contribution in [0.1, 0.15) is 33.9 Å². The third kappa shape index (κ3) is 3.50. The summed E-state index contributed by atoms with van der Waals surface area (Å²) in [6.07, 6.45) is 0. The van der Waals surface area contributed by atoms with E-state index in [0.717, 1.165) is 39.7 Å². The fraction of sp³-hybridized carbons (Fsp3) is 0.0444. The van der Waals surface area contributed by atoms with E-state index < -0.39 is 5.41 Å². The van der Waals surface area contributed by atoms with Gasteiger partial charge in [-0.15, -0.1) is 0 Å². The fourth-order valence-electron chi connectivity index (χ4n) is 8.72. The molecule has 1 atom stereocenters. The molecule has 0 bridgehead atoms. The molecule has 49 heavy (non-hydrogen) atoms. The molecule has 0 radical (unpaired) electrons. The number of fused-ring (bicyclic) bond motifs is 13. The Morgan fingerprint density at radius 2 is 1.18 bits per heavy atom. The van der Waals surface area contributed by atoms with E-state index >= 15 is 0 Å². The Balaban J connectivity index is 1.27. The maximum Gasteiger partial charge on any atom is 0.141 e. The maximum atomic E-state index is 6.59. The van der Waals surface area contributed by atoms with Crippen molar-refractivity contribution in [2.24, 2.45) is 4.99 Å². The van der Waals surface area contributed by atoms with E-state index in [1.54, 1.807) is 0 Å². The summed E-state index contributed by atoms with van der Waals surface area (Å²) in [6.45, 7) is 0. The van der Waals surface area contributed by atoms with Gasteiger partial charge in [0.25, 0.3) is 0 Å². The Morgan fingerprint density at radius 1 is 0.531 bits per heavy atom. The second kappa shape index (κ2) is 9.82. The van der Waals surface area contributed by atoms with Gasteiger partial charge in [-0.1, -0.05) is 121 Å². The van der Waals surface area contributed by atoms with Gasteiger partial charge >= 0.3 is 0 Å². The van der Waals surface area contributed by atoms with Gasteiger partial charge in [0.1, 0.15) is 23.4 Å². The molecule has 3 aliphatic rings. The molecule has 2 aliphatic heterocycles. The van der Waals surface area contributed by atoms with E-state index in [9.17, 15) is 0 Å². The minimum absolute atomic E-state index is 0.142. The molecular weight excluding hydrogens is 599 g/mol. The number of rotatable bonds is 1. The highest BCUT2D eigenvalue weighted by molar-refractivity contribution is 6.18. The number of para-hydroxylation sites is 5. The van der Waals surface area contributed by atoms with Gasteiger partial charge in [0, 0.05) is 21.9 Å². The Kier molecular flexibility index (Phi) is 5.34. The lowest BCUT2D eigenvalue weighted by Gasteiger charge is -2.39. The molecule has 1 unspecified atom stereocenters. The van der Waals surface area contributed by atoms with Crippen LogP contribution in [0.2, 0.25) is 0 Å². The second-order valence-corrected chi connectivity index (χ2v) is 13.1. The monoisotopic (exact) mass is 627 g/mol. The van der Waals surface area contributed by atoms with Crippen LogP contribution >= 0.6 is 0 Å². The summed E-state index contributed by atoms with van der Waals surface area (Å²) in [5, 5.41) is 6.26. The normalized spacial score (nSPS) is 16.2. The minimum atomic E-state index is -0.524. The molecule has 8 aromatic rings. The number of nitrogens with one attached hydrogen (secondary N) is 1. The fourth-order valence-corrected chi connectivity index (χ4v) is 8.72. The summed E-state index contributed by atoms with van der Waals surface area (Å²) in [6, 6.07) is 58.5. The first-order valence-corrected chi connectivity index (χ1v) is 16.8. The zero-order valence-corrected chi connectivity index (χ0v) is 26.5. The Morgan fingerprint density at radius 3 is 2.00 bits per heavy atom. The first kappa shape index (κ1) is 26.7. The second-order valence-electron chi connectivity index (χ2n) is 13.1. The zero-order valence-electron chi connectivity index (χ0n) is 26.5. The molecule has 4 nitrogen and oxygen atoms in total. The van der Waals surface area contributed by atoms with Crippen molar-refractivity contribution < 1.29 is 4.74 Å². The summed E-state index contributed by atoms with van der Waals surface area (Å²) < 4.78 is 8.99. The largest absolute Gasteiger partial charge is 0.457 e. The number of benzene rings is 7.